The maximum atomic E-state index is 11.6. The molecule has 160 valence electrons. The van der Waals surface area contributed by atoms with E-state index in [0.717, 1.165) is 6.26 Å². The molecule has 13 heteroatoms. The molecule has 0 spiro atoms. The lowest BCUT2D eigenvalue weighted by atomic mass is 10.0. The largest absolute Gasteiger partial charge is 0.394 e. The van der Waals surface area contributed by atoms with E-state index in [0.29, 0.717) is 23.2 Å². The van der Waals surface area contributed by atoms with Crippen LogP contribution < -0.4 is 10.0 Å². The second kappa shape index (κ2) is 10.3. The van der Waals surface area contributed by atoms with Gasteiger partial charge in [-0.2, -0.15) is 15.0 Å². The third-order valence-electron chi connectivity index (χ3n) is 3.54. The second-order valence-electron chi connectivity index (χ2n) is 6.82. The molecule has 2 rings (SSSR count). The van der Waals surface area contributed by atoms with Gasteiger partial charge in [0.25, 0.3) is 0 Å². The van der Waals surface area contributed by atoms with E-state index < -0.39 is 10.0 Å². The fourth-order valence-corrected chi connectivity index (χ4v) is 3.72. The molecule has 2 aromatic rings. The number of rotatable bonds is 10. The molecular weight excluding hydrogens is 438 g/mol. The lowest BCUT2D eigenvalue weighted by Crippen LogP contribution is -2.27. The van der Waals surface area contributed by atoms with Crippen LogP contribution in [0.2, 0.25) is 5.15 Å². The van der Waals surface area contributed by atoms with Gasteiger partial charge in [-0.05, 0) is 19.3 Å². The first kappa shape index (κ1) is 23.5. The van der Waals surface area contributed by atoms with Crippen molar-refractivity contribution in [3.8, 4) is 0 Å². The normalized spacial score (nSPS) is 13.9. The van der Waals surface area contributed by atoms with Crippen LogP contribution >= 0.6 is 23.4 Å². The van der Waals surface area contributed by atoms with Crippen LogP contribution in [0.5, 0.6) is 0 Å². The Hall–Kier alpha value is -1.76. The molecule has 0 aromatic carbocycles. The molecule has 2 aromatic heterocycles. The van der Waals surface area contributed by atoms with Gasteiger partial charge in [-0.25, -0.2) is 13.4 Å². The van der Waals surface area contributed by atoms with Gasteiger partial charge in [-0.1, -0.05) is 37.2 Å². The molecule has 2 atom stereocenters. The Kier molecular flexibility index (Phi) is 8.37. The maximum Gasteiger partial charge on any atom is 0.242 e. The topological polar surface area (TPSA) is 143 Å². The Bertz CT molecular complexity index is 913. The predicted octanol–water partition coefficient (Wildman–Crippen LogP) is 2.36. The smallest absolute Gasteiger partial charge is 0.242 e. The van der Waals surface area contributed by atoms with Gasteiger partial charge in [-0.15, -0.1) is 0 Å². The molecule has 0 fully saturated rings. The molecule has 0 saturated carbocycles. The van der Waals surface area contributed by atoms with Crippen molar-refractivity contribution in [2.24, 2.45) is 5.92 Å². The summed E-state index contributed by atoms with van der Waals surface area (Å²) in [6.07, 6.45) is 4.71. The van der Waals surface area contributed by atoms with E-state index in [1.54, 1.807) is 6.20 Å². The molecular formula is C16H24ClN7O3S2. The van der Waals surface area contributed by atoms with Crippen molar-refractivity contribution in [2.75, 3.05) is 22.9 Å². The van der Waals surface area contributed by atoms with E-state index in [2.05, 4.69) is 35.0 Å². The minimum atomic E-state index is -3.58. The molecule has 0 bridgehead atoms. The Labute approximate surface area is 179 Å². The molecule has 0 aliphatic rings. The monoisotopic (exact) mass is 461 g/mol. The SMILES string of the molecule is CC(C)C[C@H](CO)Nc1nc(NS(C)(=O)=O)nc(S[C@@H](C)c2cnc(Cl)cn2)n1. The van der Waals surface area contributed by atoms with Gasteiger partial charge in [-0.3, -0.25) is 9.71 Å². The molecule has 0 radical (unpaired) electrons. The summed E-state index contributed by atoms with van der Waals surface area (Å²) in [7, 11) is -3.58. The van der Waals surface area contributed by atoms with Crippen molar-refractivity contribution in [1.82, 2.24) is 24.9 Å². The van der Waals surface area contributed by atoms with Crippen LogP contribution in [0.25, 0.3) is 0 Å². The Balaban J connectivity index is 2.29. The number of nitrogens with zero attached hydrogens (tertiary/aromatic N) is 5. The van der Waals surface area contributed by atoms with Crippen molar-refractivity contribution in [3.05, 3.63) is 23.2 Å². The molecule has 0 amide bonds. The second-order valence-corrected chi connectivity index (χ2v) is 10.3. The van der Waals surface area contributed by atoms with Crippen molar-refractivity contribution in [3.63, 3.8) is 0 Å². The summed E-state index contributed by atoms with van der Waals surface area (Å²) >= 11 is 7.03. The Morgan fingerprint density at radius 2 is 1.83 bits per heavy atom. The van der Waals surface area contributed by atoms with Crippen molar-refractivity contribution in [2.45, 2.75) is 43.6 Å². The number of hydrogen-bond acceptors (Lipinski definition) is 10. The zero-order chi connectivity index (χ0) is 21.6. The van der Waals surface area contributed by atoms with E-state index in [-0.39, 0.29) is 34.9 Å². The highest BCUT2D eigenvalue weighted by molar-refractivity contribution is 7.99. The van der Waals surface area contributed by atoms with Crippen LogP contribution in [0, 0.1) is 5.92 Å². The Morgan fingerprint density at radius 3 is 2.38 bits per heavy atom. The van der Waals surface area contributed by atoms with Gasteiger partial charge in [0.1, 0.15) is 5.15 Å². The highest BCUT2D eigenvalue weighted by Crippen LogP contribution is 2.32. The first-order valence-electron chi connectivity index (χ1n) is 8.81. The Morgan fingerprint density at radius 1 is 1.14 bits per heavy atom. The number of sulfonamides is 1. The van der Waals surface area contributed by atoms with Crippen molar-refractivity contribution < 1.29 is 13.5 Å². The number of nitrogens with one attached hydrogen (secondary N) is 2. The van der Waals surface area contributed by atoms with E-state index in [1.165, 1.54) is 18.0 Å². The summed E-state index contributed by atoms with van der Waals surface area (Å²) in [6.45, 7) is 5.84. The predicted molar refractivity (Wildman–Crippen MR) is 114 cm³/mol. The summed E-state index contributed by atoms with van der Waals surface area (Å²) in [6, 6.07) is -0.277. The quantitative estimate of drug-likeness (QED) is 0.451. The van der Waals surface area contributed by atoms with Gasteiger partial charge in [0.2, 0.25) is 21.9 Å². The fourth-order valence-electron chi connectivity index (χ4n) is 2.37. The van der Waals surface area contributed by atoms with E-state index in [1.807, 2.05) is 20.8 Å². The van der Waals surface area contributed by atoms with E-state index >= 15 is 0 Å². The first-order valence-corrected chi connectivity index (χ1v) is 12.0. The molecule has 0 aliphatic carbocycles. The summed E-state index contributed by atoms with van der Waals surface area (Å²) in [5.74, 6) is 0.401. The number of anilines is 2. The van der Waals surface area contributed by atoms with Crippen LogP contribution in [-0.4, -0.2) is 57.3 Å². The minimum Gasteiger partial charge on any atom is -0.394 e. The highest BCUT2D eigenvalue weighted by atomic mass is 35.5. The number of aliphatic hydroxyl groups excluding tert-OH is 1. The molecule has 2 heterocycles. The van der Waals surface area contributed by atoms with Crippen LogP contribution in [0.4, 0.5) is 11.9 Å². The van der Waals surface area contributed by atoms with Gasteiger partial charge in [0.15, 0.2) is 5.16 Å². The molecule has 0 aliphatic heterocycles. The molecule has 0 unspecified atom stereocenters. The summed E-state index contributed by atoms with van der Waals surface area (Å²) in [5.41, 5.74) is 0.667. The third-order valence-corrected chi connectivity index (χ3v) is 5.28. The molecule has 10 nitrogen and oxygen atoms in total. The average molecular weight is 462 g/mol. The van der Waals surface area contributed by atoms with Gasteiger partial charge in [0, 0.05) is 0 Å². The molecule has 0 saturated heterocycles. The number of aromatic nitrogens is 5. The molecule has 29 heavy (non-hydrogen) atoms. The zero-order valence-electron chi connectivity index (χ0n) is 16.5. The summed E-state index contributed by atoms with van der Waals surface area (Å²) < 4.78 is 25.5. The van der Waals surface area contributed by atoms with Gasteiger partial charge >= 0.3 is 0 Å². The van der Waals surface area contributed by atoms with Gasteiger partial charge in [0.05, 0.1) is 42.2 Å². The third kappa shape index (κ3) is 8.25. The number of aliphatic hydroxyl groups is 1. The standard InChI is InChI=1S/C16H24ClN7O3S2/c1-9(2)5-11(8-25)20-14-21-15(24-29(4,26)27)23-16(22-14)28-10(3)12-6-19-13(17)7-18-12/h6-7,9-11,25H,5,8H2,1-4H3,(H2,20,21,22,23,24)/t10-,11+/m0/s1. The first-order chi connectivity index (χ1) is 13.6. The lowest BCUT2D eigenvalue weighted by molar-refractivity contribution is 0.259. The fraction of sp³-hybridized carbons (Fsp3) is 0.562. The zero-order valence-corrected chi connectivity index (χ0v) is 18.9. The van der Waals surface area contributed by atoms with Crippen molar-refractivity contribution in [1.29, 1.82) is 0 Å². The number of thioether (sulfide) groups is 1. The van der Waals surface area contributed by atoms with Crippen LogP contribution in [-0.2, 0) is 10.0 Å². The van der Waals surface area contributed by atoms with Crippen LogP contribution in [0.15, 0.2) is 17.6 Å². The van der Waals surface area contributed by atoms with Crippen LogP contribution in [0.3, 0.4) is 0 Å². The van der Waals surface area contributed by atoms with Crippen molar-refractivity contribution >= 4 is 45.3 Å². The van der Waals surface area contributed by atoms with E-state index in [9.17, 15) is 13.5 Å². The van der Waals surface area contributed by atoms with E-state index in [4.69, 9.17) is 11.6 Å². The minimum absolute atomic E-state index is 0.108. The van der Waals surface area contributed by atoms with Crippen LogP contribution in [0.1, 0.15) is 38.1 Å². The summed E-state index contributed by atoms with van der Waals surface area (Å²) in [4.78, 5) is 20.9. The highest BCUT2D eigenvalue weighted by Gasteiger charge is 2.18. The maximum absolute atomic E-state index is 11.6. The summed E-state index contributed by atoms with van der Waals surface area (Å²) in [5, 5.41) is 13.0. The average Bonchev–Trinajstić information content (AvgIpc) is 2.59. The van der Waals surface area contributed by atoms with Gasteiger partial charge < -0.3 is 10.4 Å². The lowest BCUT2D eigenvalue weighted by Gasteiger charge is -2.19. The number of hydrogen-bond donors (Lipinski definition) is 3. The number of halogens is 1. The molecule has 3 N–H and O–H groups in total.